The maximum Gasteiger partial charge on any atom is 0.141 e. The minimum atomic E-state index is -0.800. The Morgan fingerprint density at radius 3 is 2.77 bits per heavy atom. The van der Waals surface area contributed by atoms with E-state index in [1.165, 1.54) is 19.3 Å². The summed E-state index contributed by atoms with van der Waals surface area (Å²) < 4.78 is 18.0. The number of unbranched alkanes of at least 4 members (excludes halogenated alkanes) is 3. The molecule has 3 heteroatoms. The number of halogens is 1. The maximum absolute atomic E-state index is 13.0. The summed E-state index contributed by atoms with van der Waals surface area (Å²) in [5.41, 5.74) is 0. The summed E-state index contributed by atoms with van der Waals surface area (Å²) in [6.07, 6.45) is 4.12. The predicted molar refractivity (Wildman–Crippen MR) is 51.6 cm³/mol. The van der Waals surface area contributed by atoms with Crippen LogP contribution in [0.1, 0.15) is 32.6 Å². The van der Waals surface area contributed by atoms with Gasteiger partial charge in [0, 0.05) is 0 Å². The van der Waals surface area contributed by atoms with Crippen LogP contribution in [0.4, 0.5) is 4.39 Å². The smallest absolute Gasteiger partial charge is 0.141 e. The van der Waals surface area contributed by atoms with Gasteiger partial charge in [0.05, 0.1) is 19.3 Å². The van der Waals surface area contributed by atoms with Crippen molar-refractivity contribution in [3.63, 3.8) is 0 Å². The fraction of sp³-hybridized carbons (Fsp3) is 1.00. The van der Waals surface area contributed by atoms with Crippen LogP contribution in [0.2, 0.25) is 0 Å². The lowest BCUT2D eigenvalue weighted by Crippen LogP contribution is -2.37. The molecule has 2 atom stereocenters. The lowest BCUT2D eigenvalue weighted by atomic mass is 10.2. The van der Waals surface area contributed by atoms with Gasteiger partial charge >= 0.3 is 0 Å². The molecule has 0 aromatic rings. The normalized spacial score (nSPS) is 28.2. The molecule has 0 saturated carbocycles. The summed E-state index contributed by atoms with van der Waals surface area (Å²) in [4.78, 5) is 0. The molecule has 0 spiro atoms. The quantitative estimate of drug-likeness (QED) is 0.644. The molecule has 1 aliphatic heterocycles. The molecule has 2 nitrogen and oxygen atoms in total. The molecular weight excluding hydrogens is 169 g/mol. The zero-order valence-electron chi connectivity index (χ0n) is 8.39. The van der Waals surface area contributed by atoms with Crippen molar-refractivity contribution >= 4 is 0 Å². The van der Waals surface area contributed by atoms with Gasteiger partial charge in [-0.1, -0.05) is 26.2 Å². The van der Waals surface area contributed by atoms with Gasteiger partial charge < -0.3 is 10.1 Å². The van der Waals surface area contributed by atoms with Crippen LogP contribution in [0.15, 0.2) is 0 Å². The van der Waals surface area contributed by atoms with Crippen molar-refractivity contribution in [2.45, 2.75) is 44.8 Å². The van der Waals surface area contributed by atoms with Gasteiger partial charge in [0.2, 0.25) is 0 Å². The Morgan fingerprint density at radius 1 is 1.31 bits per heavy atom. The minimum Gasteiger partial charge on any atom is -0.377 e. The van der Waals surface area contributed by atoms with Gasteiger partial charge in [0.25, 0.3) is 0 Å². The number of hydrogen-bond donors (Lipinski definition) is 1. The molecule has 1 rings (SSSR count). The first-order valence-electron chi connectivity index (χ1n) is 5.29. The van der Waals surface area contributed by atoms with Gasteiger partial charge in [-0.05, 0) is 13.0 Å². The molecule has 1 saturated heterocycles. The molecule has 1 fully saturated rings. The van der Waals surface area contributed by atoms with Crippen LogP contribution in [-0.4, -0.2) is 32.0 Å². The van der Waals surface area contributed by atoms with Gasteiger partial charge in [-0.3, -0.25) is 0 Å². The van der Waals surface area contributed by atoms with Gasteiger partial charge in [0.15, 0.2) is 0 Å². The second-order valence-corrected chi connectivity index (χ2v) is 3.67. The van der Waals surface area contributed by atoms with Crippen LogP contribution in [0.25, 0.3) is 0 Å². The van der Waals surface area contributed by atoms with Gasteiger partial charge in [0.1, 0.15) is 6.17 Å². The Hall–Kier alpha value is -0.150. The molecule has 1 aliphatic rings. The van der Waals surface area contributed by atoms with Gasteiger partial charge in [-0.2, -0.15) is 0 Å². The third-order valence-corrected chi connectivity index (χ3v) is 2.45. The van der Waals surface area contributed by atoms with E-state index in [2.05, 4.69) is 12.2 Å². The largest absolute Gasteiger partial charge is 0.377 e. The summed E-state index contributed by atoms with van der Waals surface area (Å²) in [6.45, 7) is 3.92. The van der Waals surface area contributed by atoms with Crippen molar-refractivity contribution in [1.82, 2.24) is 5.32 Å². The maximum atomic E-state index is 13.0. The van der Waals surface area contributed by atoms with E-state index >= 15 is 0 Å². The van der Waals surface area contributed by atoms with E-state index in [0.29, 0.717) is 6.61 Å². The van der Waals surface area contributed by atoms with Crippen molar-refractivity contribution < 1.29 is 9.13 Å². The van der Waals surface area contributed by atoms with Crippen LogP contribution in [0, 0.1) is 0 Å². The van der Waals surface area contributed by atoms with E-state index in [0.717, 1.165) is 13.0 Å². The lowest BCUT2D eigenvalue weighted by molar-refractivity contribution is 0.172. The third kappa shape index (κ3) is 4.05. The highest BCUT2D eigenvalue weighted by Crippen LogP contribution is 2.09. The highest BCUT2D eigenvalue weighted by Gasteiger charge is 2.26. The summed E-state index contributed by atoms with van der Waals surface area (Å²) in [6, 6.07) is -0.0540. The number of nitrogens with one attached hydrogen (secondary N) is 1. The first kappa shape index (κ1) is 10.9. The van der Waals surface area contributed by atoms with Crippen LogP contribution in [0.5, 0.6) is 0 Å². The average molecular weight is 189 g/mol. The van der Waals surface area contributed by atoms with E-state index in [9.17, 15) is 4.39 Å². The van der Waals surface area contributed by atoms with Crippen LogP contribution < -0.4 is 5.32 Å². The Morgan fingerprint density at radius 2 is 2.15 bits per heavy atom. The van der Waals surface area contributed by atoms with E-state index in [-0.39, 0.29) is 12.6 Å². The Kier molecular flexibility index (Phi) is 5.32. The first-order valence-corrected chi connectivity index (χ1v) is 5.29. The molecule has 0 aromatic carbocycles. The zero-order valence-corrected chi connectivity index (χ0v) is 8.39. The average Bonchev–Trinajstić information content (AvgIpc) is 2.52. The number of ether oxygens (including phenoxy) is 1. The predicted octanol–water partition coefficient (Wildman–Crippen LogP) is 1.89. The van der Waals surface area contributed by atoms with E-state index in [4.69, 9.17) is 4.74 Å². The minimum absolute atomic E-state index is 0.0540. The molecule has 0 amide bonds. The SMILES string of the molecule is CCCCCCN[C@@H]1COC[C@H]1F. The first-order chi connectivity index (χ1) is 6.34. The van der Waals surface area contributed by atoms with E-state index in [1.807, 2.05) is 0 Å². The van der Waals surface area contributed by atoms with Crippen LogP contribution in [-0.2, 0) is 4.74 Å². The standard InChI is InChI=1S/C10H20FNO/c1-2-3-4-5-6-12-10-8-13-7-9(10)11/h9-10,12H,2-8H2,1H3/t9-,10-/m1/s1. The molecule has 1 heterocycles. The fourth-order valence-electron chi connectivity index (χ4n) is 1.55. The molecule has 13 heavy (non-hydrogen) atoms. The fourth-order valence-corrected chi connectivity index (χ4v) is 1.55. The van der Waals surface area contributed by atoms with Crippen LogP contribution in [0.3, 0.4) is 0 Å². The van der Waals surface area contributed by atoms with E-state index < -0.39 is 6.17 Å². The van der Waals surface area contributed by atoms with Crippen LogP contribution >= 0.6 is 0 Å². The number of alkyl halides is 1. The lowest BCUT2D eigenvalue weighted by Gasteiger charge is -2.12. The Balaban J connectivity index is 1.93. The molecule has 0 aliphatic carbocycles. The van der Waals surface area contributed by atoms with E-state index in [1.54, 1.807) is 0 Å². The number of rotatable bonds is 6. The van der Waals surface area contributed by atoms with Crippen molar-refractivity contribution in [3.8, 4) is 0 Å². The number of hydrogen-bond acceptors (Lipinski definition) is 2. The molecule has 0 aromatic heterocycles. The van der Waals surface area contributed by atoms with Crippen molar-refractivity contribution in [3.05, 3.63) is 0 Å². The monoisotopic (exact) mass is 189 g/mol. The summed E-state index contributed by atoms with van der Waals surface area (Å²) in [5.74, 6) is 0. The molecule has 0 unspecified atom stereocenters. The molecule has 0 bridgehead atoms. The third-order valence-electron chi connectivity index (χ3n) is 2.45. The zero-order chi connectivity index (χ0) is 9.52. The summed E-state index contributed by atoms with van der Waals surface area (Å²) in [7, 11) is 0. The summed E-state index contributed by atoms with van der Waals surface area (Å²) >= 11 is 0. The van der Waals surface area contributed by atoms with Gasteiger partial charge in [-0.25, -0.2) is 4.39 Å². The highest BCUT2D eigenvalue weighted by molar-refractivity contribution is 4.80. The Bertz CT molecular complexity index is 132. The molecular formula is C10H20FNO. The second-order valence-electron chi connectivity index (χ2n) is 3.67. The second kappa shape index (κ2) is 6.33. The van der Waals surface area contributed by atoms with Crippen molar-refractivity contribution in [1.29, 1.82) is 0 Å². The molecule has 1 N–H and O–H groups in total. The molecule has 0 radical (unpaired) electrons. The van der Waals surface area contributed by atoms with Gasteiger partial charge in [-0.15, -0.1) is 0 Å². The van der Waals surface area contributed by atoms with Crippen molar-refractivity contribution in [2.75, 3.05) is 19.8 Å². The summed E-state index contributed by atoms with van der Waals surface area (Å²) in [5, 5.41) is 3.19. The Labute approximate surface area is 79.8 Å². The van der Waals surface area contributed by atoms with Crippen molar-refractivity contribution in [2.24, 2.45) is 0 Å². The highest BCUT2D eigenvalue weighted by atomic mass is 19.1. The topological polar surface area (TPSA) is 21.3 Å². The molecule has 78 valence electrons.